The predicted molar refractivity (Wildman–Crippen MR) is 87.7 cm³/mol. The average molecular weight is 310 g/mol. The number of hydrogen-bond acceptors (Lipinski definition) is 4. The topological polar surface area (TPSA) is 49.4 Å². The molecule has 21 heavy (non-hydrogen) atoms. The minimum absolute atomic E-state index is 0.148. The van der Waals surface area contributed by atoms with Crippen molar-refractivity contribution in [3.63, 3.8) is 0 Å². The number of hydrogen-bond donors (Lipinski definition) is 1. The molecule has 1 aliphatic rings. The molecule has 0 aromatic heterocycles. The summed E-state index contributed by atoms with van der Waals surface area (Å²) < 4.78 is 24.6. The van der Waals surface area contributed by atoms with E-state index in [0.717, 1.165) is 38.2 Å². The summed E-state index contributed by atoms with van der Waals surface area (Å²) in [6.45, 7) is 6.70. The second-order valence-electron chi connectivity index (χ2n) is 5.61. The van der Waals surface area contributed by atoms with E-state index in [-0.39, 0.29) is 5.75 Å². The molecule has 1 atom stereocenters. The number of benzene rings is 1. The Morgan fingerprint density at radius 3 is 2.76 bits per heavy atom. The van der Waals surface area contributed by atoms with Gasteiger partial charge in [0.2, 0.25) is 0 Å². The minimum Gasteiger partial charge on any atom is -0.369 e. The molecule has 118 valence electrons. The van der Waals surface area contributed by atoms with Crippen LogP contribution in [-0.4, -0.2) is 39.8 Å². The monoisotopic (exact) mass is 310 g/mol. The Morgan fingerprint density at radius 1 is 1.29 bits per heavy atom. The third-order valence-corrected chi connectivity index (χ3v) is 5.80. The zero-order chi connectivity index (χ0) is 15.3. The first-order chi connectivity index (χ1) is 10.1. The SMILES string of the molecule is CCCNC1CCCN(c2ccccc2S(=O)(=O)CC)C1. The van der Waals surface area contributed by atoms with Gasteiger partial charge in [0.15, 0.2) is 9.84 Å². The van der Waals surface area contributed by atoms with Crippen molar-refractivity contribution in [3.05, 3.63) is 24.3 Å². The van der Waals surface area contributed by atoms with E-state index in [2.05, 4.69) is 17.1 Å². The van der Waals surface area contributed by atoms with Crippen molar-refractivity contribution in [2.75, 3.05) is 30.3 Å². The van der Waals surface area contributed by atoms with Gasteiger partial charge < -0.3 is 10.2 Å². The van der Waals surface area contributed by atoms with E-state index in [1.807, 2.05) is 18.2 Å². The Morgan fingerprint density at radius 2 is 2.05 bits per heavy atom. The van der Waals surface area contributed by atoms with Gasteiger partial charge >= 0.3 is 0 Å². The van der Waals surface area contributed by atoms with Crippen LogP contribution in [0.5, 0.6) is 0 Å². The summed E-state index contributed by atoms with van der Waals surface area (Å²) in [5.41, 5.74) is 0.863. The van der Waals surface area contributed by atoms with Gasteiger partial charge in [-0.3, -0.25) is 0 Å². The lowest BCUT2D eigenvalue weighted by atomic mass is 10.0. The molecule has 0 radical (unpaired) electrons. The molecule has 0 spiro atoms. The first kappa shape index (κ1) is 16.3. The Kier molecular flexibility index (Phi) is 5.65. The summed E-state index contributed by atoms with van der Waals surface area (Å²) in [5, 5.41) is 3.55. The third kappa shape index (κ3) is 3.98. The van der Waals surface area contributed by atoms with Crippen molar-refractivity contribution in [1.29, 1.82) is 0 Å². The van der Waals surface area contributed by atoms with E-state index < -0.39 is 9.84 Å². The minimum atomic E-state index is -3.17. The highest BCUT2D eigenvalue weighted by molar-refractivity contribution is 7.91. The van der Waals surface area contributed by atoms with E-state index in [1.54, 1.807) is 13.0 Å². The lowest BCUT2D eigenvalue weighted by Crippen LogP contribution is -2.46. The lowest BCUT2D eigenvalue weighted by Gasteiger charge is -2.35. The molecule has 0 aliphatic carbocycles. The molecular formula is C16H26N2O2S. The van der Waals surface area contributed by atoms with Crippen LogP contribution in [0.4, 0.5) is 5.69 Å². The number of nitrogens with zero attached hydrogens (tertiary/aromatic N) is 1. The van der Waals surface area contributed by atoms with Crippen LogP contribution in [0.1, 0.15) is 33.1 Å². The molecule has 1 unspecified atom stereocenters. The average Bonchev–Trinajstić information content (AvgIpc) is 2.53. The van der Waals surface area contributed by atoms with Gasteiger partial charge in [-0.05, 0) is 37.9 Å². The highest BCUT2D eigenvalue weighted by Gasteiger charge is 2.24. The van der Waals surface area contributed by atoms with Gasteiger partial charge in [0.1, 0.15) is 0 Å². The molecule has 0 amide bonds. The molecule has 1 aromatic rings. The number of sulfone groups is 1. The molecule has 2 rings (SSSR count). The molecular weight excluding hydrogens is 284 g/mol. The lowest BCUT2D eigenvalue weighted by molar-refractivity contribution is 0.422. The Hall–Kier alpha value is -1.07. The molecule has 1 aromatic carbocycles. The Bertz CT molecular complexity index is 557. The van der Waals surface area contributed by atoms with Crippen LogP contribution in [0, 0.1) is 0 Å². The van der Waals surface area contributed by atoms with Crippen molar-refractivity contribution in [2.24, 2.45) is 0 Å². The normalized spacial score (nSPS) is 19.7. The van der Waals surface area contributed by atoms with Crippen molar-refractivity contribution in [1.82, 2.24) is 5.32 Å². The van der Waals surface area contributed by atoms with E-state index in [1.165, 1.54) is 6.42 Å². The molecule has 1 N–H and O–H groups in total. The number of nitrogens with one attached hydrogen (secondary N) is 1. The van der Waals surface area contributed by atoms with Crippen LogP contribution in [0.25, 0.3) is 0 Å². The van der Waals surface area contributed by atoms with Crippen molar-refractivity contribution in [3.8, 4) is 0 Å². The summed E-state index contributed by atoms with van der Waals surface area (Å²) in [7, 11) is -3.17. The van der Waals surface area contributed by atoms with Crippen LogP contribution in [-0.2, 0) is 9.84 Å². The molecule has 1 fully saturated rings. The smallest absolute Gasteiger partial charge is 0.180 e. The second kappa shape index (κ2) is 7.27. The van der Waals surface area contributed by atoms with E-state index >= 15 is 0 Å². The zero-order valence-corrected chi connectivity index (χ0v) is 13.8. The van der Waals surface area contributed by atoms with Crippen LogP contribution in [0.2, 0.25) is 0 Å². The number of para-hydroxylation sites is 1. The zero-order valence-electron chi connectivity index (χ0n) is 13.0. The van der Waals surface area contributed by atoms with Gasteiger partial charge in [-0.25, -0.2) is 8.42 Å². The van der Waals surface area contributed by atoms with Crippen LogP contribution in [0.3, 0.4) is 0 Å². The largest absolute Gasteiger partial charge is 0.369 e. The van der Waals surface area contributed by atoms with Crippen LogP contribution >= 0.6 is 0 Å². The van der Waals surface area contributed by atoms with Gasteiger partial charge in [0, 0.05) is 19.1 Å². The summed E-state index contributed by atoms with van der Waals surface area (Å²) >= 11 is 0. The molecule has 1 saturated heterocycles. The van der Waals surface area contributed by atoms with Gasteiger partial charge in [-0.2, -0.15) is 0 Å². The maximum atomic E-state index is 12.3. The number of anilines is 1. The fourth-order valence-electron chi connectivity index (χ4n) is 2.85. The fourth-order valence-corrected chi connectivity index (χ4v) is 3.96. The first-order valence-corrected chi connectivity index (χ1v) is 9.53. The highest BCUT2D eigenvalue weighted by Crippen LogP contribution is 2.28. The quantitative estimate of drug-likeness (QED) is 0.877. The maximum Gasteiger partial charge on any atom is 0.180 e. The highest BCUT2D eigenvalue weighted by atomic mass is 32.2. The van der Waals surface area contributed by atoms with E-state index in [0.29, 0.717) is 10.9 Å². The Balaban J connectivity index is 2.22. The third-order valence-electron chi connectivity index (χ3n) is 4.03. The van der Waals surface area contributed by atoms with Gasteiger partial charge in [0.25, 0.3) is 0 Å². The van der Waals surface area contributed by atoms with E-state index in [9.17, 15) is 8.42 Å². The summed E-state index contributed by atoms with van der Waals surface area (Å²) in [5.74, 6) is 0.148. The Labute approximate surface area is 128 Å². The van der Waals surface area contributed by atoms with E-state index in [4.69, 9.17) is 0 Å². The van der Waals surface area contributed by atoms with Crippen molar-refractivity contribution < 1.29 is 8.42 Å². The summed E-state index contributed by atoms with van der Waals surface area (Å²) in [6, 6.07) is 7.86. The standard InChI is InChI=1S/C16H26N2O2S/c1-3-11-17-14-8-7-12-18(13-14)15-9-5-6-10-16(15)21(19,20)4-2/h5-6,9-10,14,17H,3-4,7-8,11-13H2,1-2H3. The van der Waals surface area contributed by atoms with Gasteiger partial charge in [-0.1, -0.05) is 26.0 Å². The maximum absolute atomic E-state index is 12.3. The molecule has 1 heterocycles. The first-order valence-electron chi connectivity index (χ1n) is 7.88. The van der Waals surface area contributed by atoms with Gasteiger partial charge in [0.05, 0.1) is 16.3 Å². The van der Waals surface area contributed by atoms with Crippen LogP contribution in [0.15, 0.2) is 29.2 Å². The van der Waals surface area contributed by atoms with Crippen molar-refractivity contribution >= 4 is 15.5 Å². The molecule has 0 saturated carbocycles. The fraction of sp³-hybridized carbons (Fsp3) is 0.625. The number of piperidine rings is 1. The van der Waals surface area contributed by atoms with Crippen LogP contribution < -0.4 is 10.2 Å². The summed E-state index contributed by atoms with van der Waals surface area (Å²) in [4.78, 5) is 2.70. The molecule has 1 aliphatic heterocycles. The van der Waals surface area contributed by atoms with Gasteiger partial charge in [-0.15, -0.1) is 0 Å². The number of rotatable bonds is 6. The second-order valence-corrected chi connectivity index (χ2v) is 7.86. The summed E-state index contributed by atoms with van der Waals surface area (Å²) in [6.07, 6.45) is 3.39. The predicted octanol–water partition coefficient (Wildman–Crippen LogP) is 2.45. The molecule has 5 heteroatoms. The molecule has 0 bridgehead atoms. The molecule has 4 nitrogen and oxygen atoms in total. The van der Waals surface area contributed by atoms with Crippen molar-refractivity contribution in [2.45, 2.75) is 44.0 Å².